The number of hydrogen-bond acceptors (Lipinski definition) is 2. The highest BCUT2D eigenvalue weighted by molar-refractivity contribution is 7.27. The lowest BCUT2D eigenvalue weighted by Gasteiger charge is -2.09. The molecule has 0 N–H and O–H groups in total. The Kier molecular flexibility index (Phi) is 2.67. The second kappa shape index (κ2) is 3.67. The quantitative estimate of drug-likeness (QED) is 0.657. The summed E-state index contributed by atoms with van der Waals surface area (Å²) >= 11 is 3.87. The molecule has 2 rings (SSSR count). The highest BCUT2D eigenvalue weighted by Gasteiger charge is 2.17. The van der Waals surface area contributed by atoms with Crippen molar-refractivity contribution in [2.24, 2.45) is 0 Å². The van der Waals surface area contributed by atoms with Gasteiger partial charge in [-0.3, -0.25) is 0 Å². The van der Waals surface area contributed by atoms with Crippen molar-refractivity contribution in [3.8, 4) is 0 Å². The summed E-state index contributed by atoms with van der Waals surface area (Å²) in [6.45, 7) is 9.18. The molecule has 0 bridgehead atoms. The van der Waals surface area contributed by atoms with Gasteiger partial charge in [-0.1, -0.05) is 27.7 Å². The van der Waals surface area contributed by atoms with Gasteiger partial charge >= 0.3 is 0 Å². The largest absolute Gasteiger partial charge is 0.143 e. The van der Waals surface area contributed by atoms with Crippen LogP contribution in [-0.2, 0) is 0 Å². The lowest BCUT2D eigenvalue weighted by Crippen LogP contribution is -1.92. The maximum absolute atomic E-state index is 2.30. The number of hydrogen-bond donors (Lipinski definition) is 0. The van der Waals surface area contributed by atoms with E-state index in [0.717, 1.165) is 0 Å². The van der Waals surface area contributed by atoms with Crippen molar-refractivity contribution in [1.82, 2.24) is 0 Å². The van der Waals surface area contributed by atoms with Crippen molar-refractivity contribution < 1.29 is 0 Å². The zero-order valence-electron chi connectivity index (χ0n) is 9.13. The molecule has 0 amide bonds. The zero-order valence-corrected chi connectivity index (χ0v) is 10.8. The van der Waals surface area contributed by atoms with Crippen LogP contribution < -0.4 is 0 Å². The lowest BCUT2D eigenvalue weighted by atomic mass is 9.99. The van der Waals surface area contributed by atoms with Crippen LogP contribution in [0.3, 0.4) is 0 Å². The highest BCUT2D eigenvalue weighted by Crippen LogP contribution is 2.42. The van der Waals surface area contributed by atoms with Crippen LogP contribution in [0.15, 0.2) is 11.4 Å². The summed E-state index contributed by atoms with van der Waals surface area (Å²) in [7, 11) is 0. The molecule has 0 fully saturated rings. The third-order valence-corrected chi connectivity index (χ3v) is 5.01. The Morgan fingerprint density at radius 1 is 1.07 bits per heavy atom. The first-order chi connectivity index (χ1) is 6.61. The minimum atomic E-state index is 0.653. The topological polar surface area (TPSA) is 0 Å². The lowest BCUT2D eigenvalue weighted by molar-refractivity contribution is 0.816. The molecule has 0 unspecified atom stereocenters. The van der Waals surface area contributed by atoms with Gasteiger partial charge in [0.05, 0.1) is 0 Å². The summed E-state index contributed by atoms with van der Waals surface area (Å²) < 4.78 is 3.00. The molecule has 0 aliphatic carbocycles. The summed E-state index contributed by atoms with van der Waals surface area (Å²) in [5.41, 5.74) is 1.59. The first-order valence-electron chi connectivity index (χ1n) is 5.11. The fourth-order valence-electron chi connectivity index (χ4n) is 1.84. The molecular formula is C12H16S2. The minimum Gasteiger partial charge on any atom is -0.143 e. The average molecular weight is 224 g/mol. The van der Waals surface area contributed by atoms with Crippen molar-refractivity contribution in [1.29, 1.82) is 0 Å². The Morgan fingerprint density at radius 3 is 2.36 bits per heavy atom. The fourth-order valence-corrected chi connectivity index (χ4v) is 4.51. The van der Waals surface area contributed by atoms with E-state index < -0.39 is 0 Å². The van der Waals surface area contributed by atoms with Gasteiger partial charge in [-0.15, -0.1) is 22.7 Å². The van der Waals surface area contributed by atoms with Crippen molar-refractivity contribution in [3.63, 3.8) is 0 Å². The number of fused-ring (bicyclic) bond motifs is 1. The molecule has 0 aliphatic heterocycles. The molecule has 14 heavy (non-hydrogen) atoms. The predicted octanol–water partition coefficient (Wildman–Crippen LogP) is 5.21. The molecule has 0 nitrogen and oxygen atoms in total. The van der Waals surface area contributed by atoms with Crippen LogP contribution >= 0.6 is 22.7 Å². The molecule has 0 saturated heterocycles. The Morgan fingerprint density at radius 2 is 1.79 bits per heavy atom. The molecule has 0 atom stereocenters. The van der Waals surface area contributed by atoms with Crippen LogP contribution in [0.1, 0.15) is 50.0 Å². The van der Waals surface area contributed by atoms with E-state index in [1.54, 1.807) is 10.4 Å². The molecule has 0 radical (unpaired) electrons. The van der Waals surface area contributed by atoms with E-state index in [4.69, 9.17) is 0 Å². The molecular weight excluding hydrogens is 208 g/mol. The number of rotatable bonds is 2. The van der Waals surface area contributed by atoms with Crippen LogP contribution in [0.25, 0.3) is 9.40 Å². The summed E-state index contributed by atoms with van der Waals surface area (Å²) in [6.07, 6.45) is 0. The van der Waals surface area contributed by atoms with Gasteiger partial charge in [-0.05, 0) is 28.8 Å². The van der Waals surface area contributed by atoms with Gasteiger partial charge in [0.1, 0.15) is 0 Å². The second-order valence-corrected chi connectivity index (χ2v) is 6.30. The van der Waals surface area contributed by atoms with Gasteiger partial charge in [0.15, 0.2) is 0 Å². The molecule has 0 aliphatic rings. The molecule has 2 heteroatoms. The van der Waals surface area contributed by atoms with Crippen LogP contribution in [0.5, 0.6) is 0 Å². The molecule has 76 valence electrons. The Labute approximate surface area is 93.6 Å². The van der Waals surface area contributed by atoms with Crippen molar-refractivity contribution in [2.45, 2.75) is 39.5 Å². The molecule has 0 aromatic carbocycles. The first kappa shape index (κ1) is 10.2. The minimum absolute atomic E-state index is 0.653. The van der Waals surface area contributed by atoms with Gasteiger partial charge in [0, 0.05) is 14.3 Å². The second-order valence-electron chi connectivity index (χ2n) is 4.30. The van der Waals surface area contributed by atoms with Gasteiger partial charge in [-0.2, -0.15) is 0 Å². The molecule has 2 aromatic rings. The van der Waals surface area contributed by atoms with Crippen LogP contribution in [0.4, 0.5) is 0 Å². The Balaban J connectivity index is 2.69. The van der Waals surface area contributed by atoms with Crippen LogP contribution in [0, 0.1) is 0 Å². The van der Waals surface area contributed by atoms with Gasteiger partial charge in [-0.25, -0.2) is 0 Å². The molecule has 2 aromatic heterocycles. The van der Waals surface area contributed by atoms with E-state index in [-0.39, 0.29) is 0 Å². The maximum Gasteiger partial charge on any atom is 0.0488 e. The maximum atomic E-state index is 2.30. The summed E-state index contributed by atoms with van der Waals surface area (Å²) in [5, 5.41) is 2.21. The van der Waals surface area contributed by atoms with E-state index in [0.29, 0.717) is 11.8 Å². The Bertz CT molecular complexity index is 432. The monoisotopic (exact) mass is 224 g/mol. The van der Waals surface area contributed by atoms with Crippen molar-refractivity contribution in [3.05, 3.63) is 21.9 Å². The van der Waals surface area contributed by atoms with Gasteiger partial charge < -0.3 is 0 Å². The van der Waals surface area contributed by atoms with Crippen LogP contribution in [-0.4, -0.2) is 0 Å². The SMILES string of the molecule is CC(C)c1sc2ccsc2c1C(C)C. The van der Waals surface area contributed by atoms with Gasteiger partial charge in [0.2, 0.25) is 0 Å². The van der Waals surface area contributed by atoms with Gasteiger partial charge in [0.25, 0.3) is 0 Å². The summed E-state index contributed by atoms with van der Waals surface area (Å²) in [4.78, 5) is 1.59. The van der Waals surface area contributed by atoms with E-state index >= 15 is 0 Å². The first-order valence-corrected chi connectivity index (χ1v) is 6.80. The zero-order chi connectivity index (χ0) is 10.3. The predicted molar refractivity (Wildman–Crippen MR) is 67.9 cm³/mol. The van der Waals surface area contributed by atoms with Crippen molar-refractivity contribution in [2.75, 3.05) is 0 Å². The standard InChI is InChI=1S/C12H16S2/c1-7(2)10-11(8(3)4)14-9-5-6-13-12(9)10/h5-8H,1-4H3. The van der Waals surface area contributed by atoms with Crippen LogP contribution in [0.2, 0.25) is 0 Å². The van der Waals surface area contributed by atoms with E-state index in [9.17, 15) is 0 Å². The third-order valence-electron chi connectivity index (χ3n) is 2.46. The van der Waals surface area contributed by atoms with E-state index in [2.05, 4.69) is 39.1 Å². The molecule has 0 spiro atoms. The highest BCUT2D eigenvalue weighted by atomic mass is 32.1. The van der Waals surface area contributed by atoms with E-state index in [1.165, 1.54) is 9.40 Å². The Hall–Kier alpha value is -0.340. The summed E-state index contributed by atoms with van der Waals surface area (Å²) in [5.74, 6) is 1.32. The van der Waals surface area contributed by atoms with Crippen molar-refractivity contribution >= 4 is 32.1 Å². The third kappa shape index (κ3) is 1.51. The average Bonchev–Trinajstić information content (AvgIpc) is 2.58. The number of thiophene rings is 2. The molecule has 2 heterocycles. The normalized spacial score (nSPS) is 12.1. The summed E-state index contributed by atoms with van der Waals surface area (Å²) in [6, 6.07) is 2.25. The van der Waals surface area contributed by atoms with E-state index in [1.807, 2.05) is 22.7 Å². The molecule has 0 saturated carbocycles. The fraction of sp³-hybridized carbons (Fsp3) is 0.500. The smallest absolute Gasteiger partial charge is 0.0488 e.